The van der Waals surface area contributed by atoms with Crippen molar-refractivity contribution in [2.45, 2.75) is 38.3 Å². The van der Waals surface area contributed by atoms with Gasteiger partial charge in [0.25, 0.3) is 0 Å². The molecule has 1 fully saturated rings. The highest BCUT2D eigenvalue weighted by molar-refractivity contribution is 5.45. The van der Waals surface area contributed by atoms with E-state index in [0.717, 1.165) is 18.0 Å². The quantitative estimate of drug-likeness (QED) is 0.869. The van der Waals surface area contributed by atoms with Crippen LogP contribution < -0.4 is 10.6 Å². The van der Waals surface area contributed by atoms with E-state index in [-0.39, 0.29) is 0 Å². The minimum Gasteiger partial charge on any atom is -0.333 e. The van der Waals surface area contributed by atoms with Crippen molar-refractivity contribution in [3.63, 3.8) is 0 Å². The third-order valence-electron chi connectivity index (χ3n) is 3.76. The average Bonchev–Trinajstić information content (AvgIpc) is 2.81. The summed E-state index contributed by atoms with van der Waals surface area (Å²) >= 11 is 0. The predicted molar refractivity (Wildman–Crippen MR) is 71.6 cm³/mol. The van der Waals surface area contributed by atoms with E-state index in [9.17, 15) is 0 Å². The van der Waals surface area contributed by atoms with Gasteiger partial charge in [0.15, 0.2) is 5.65 Å². The third kappa shape index (κ3) is 1.84. The maximum Gasteiger partial charge on any atom is 0.246 e. The molecule has 1 aliphatic heterocycles. The summed E-state index contributed by atoms with van der Waals surface area (Å²) in [6.45, 7) is 2.90. The fraction of sp³-hybridized carbons (Fsp3) is 0.538. The molecule has 0 radical (unpaired) electrons. The summed E-state index contributed by atoms with van der Waals surface area (Å²) in [6, 6.07) is 6.75. The summed E-state index contributed by atoms with van der Waals surface area (Å²) in [6.07, 6.45) is 5.49. The number of hydrogen-bond donors (Lipinski definition) is 1. The molecule has 3 rings (SSSR count). The molecule has 2 aromatic heterocycles. The first-order valence-corrected chi connectivity index (χ1v) is 6.59. The number of nitrogens with two attached hydrogens (primary N) is 1. The van der Waals surface area contributed by atoms with Crippen molar-refractivity contribution >= 4 is 11.6 Å². The maximum absolute atomic E-state index is 5.88. The van der Waals surface area contributed by atoms with Gasteiger partial charge in [0.05, 0.1) is 0 Å². The lowest BCUT2D eigenvalue weighted by Crippen LogP contribution is -2.49. The number of hydrogen-bond acceptors (Lipinski definition) is 4. The summed E-state index contributed by atoms with van der Waals surface area (Å²) in [5, 5.41) is 4.56. The van der Waals surface area contributed by atoms with Gasteiger partial charge in [0.2, 0.25) is 5.95 Å². The molecule has 5 heteroatoms. The van der Waals surface area contributed by atoms with Crippen molar-refractivity contribution in [2.24, 2.45) is 5.73 Å². The second-order valence-electron chi connectivity index (χ2n) is 4.99. The van der Waals surface area contributed by atoms with Crippen LogP contribution in [0, 0.1) is 0 Å². The average molecular weight is 245 g/mol. The predicted octanol–water partition coefficient (Wildman–Crippen LogP) is 1.44. The highest BCUT2D eigenvalue weighted by Gasteiger charge is 2.29. The van der Waals surface area contributed by atoms with Crippen LogP contribution in [0.3, 0.4) is 0 Å². The van der Waals surface area contributed by atoms with Crippen LogP contribution in [0.1, 0.15) is 26.2 Å². The van der Waals surface area contributed by atoms with Crippen LogP contribution in [0.2, 0.25) is 0 Å². The van der Waals surface area contributed by atoms with Crippen molar-refractivity contribution in [2.75, 3.05) is 11.4 Å². The Bertz CT molecular complexity index is 502. The van der Waals surface area contributed by atoms with Crippen LogP contribution in [0.15, 0.2) is 24.4 Å². The van der Waals surface area contributed by atoms with Gasteiger partial charge in [-0.15, -0.1) is 5.10 Å². The number of anilines is 1. The second-order valence-corrected chi connectivity index (χ2v) is 4.99. The van der Waals surface area contributed by atoms with Gasteiger partial charge in [0, 0.05) is 24.8 Å². The lowest BCUT2D eigenvalue weighted by atomic mass is 9.97. The summed E-state index contributed by atoms with van der Waals surface area (Å²) in [4.78, 5) is 6.90. The Kier molecular flexibility index (Phi) is 2.91. The number of pyridine rings is 1. The highest BCUT2D eigenvalue weighted by atomic mass is 15.4. The Morgan fingerprint density at radius 2 is 2.28 bits per heavy atom. The standard InChI is InChI=1S/C13H19N5/c1-10-5-4-6-11(9-14)18(10)13-15-12-7-2-3-8-17(12)16-13/h2-3,7-8,10-11H,4-6,9,14H2,1H3. The minimum atomic E-state index is 0.367. The van der Waals surface area contributed by atoms with Crippen molar-refractivity contribution in [1.82, 2.24) is 14.6 Å². The monoisotopic (exact) mass is 245 g/mol. The van der Waals surface area contributed by atoms with Gasteiger partial charge in [0.1, 0.15) is 0 Å². The van der Waals surface area contributed by atoms with Crippen LogP contribution in [0.5, 0.6) is 0 Å². The molecule has 3 heterocycles. The molecule has 1 aliphatic rings. The van der Waals surface area contributed by atoms with E-state index in [1.54, 1.807) is 0 Å². The van der Waals surface area contributed by atoms with Crippen LogP contribution >= 0.6 is 0 Å². The minimum absolute atomic E-state index is 0.367. The highest BCUT2D eigenvalue weighted by Crippen LogP contribution is 2.26. The molecular formula is C13H19N5. The molecule has 5 nitrogen and oxygen atoms in total. The molecule has 96 valence electrons. The van der Waals surface area contributed by atoms with E-state index in [2.05, 4.69) is 21.9 Å². The molecule has 1 saturated heterocycles. The number of nitrogens with zero attached hydrogens (tertiary/aromatic N) is 4. The van der Waals surface area contributed by atoms with Crippen molar-refractivity contribution < 1.29 is 0 Å². The Balaban J connectivity index is 2.00. The first-order chi connectivity index (χ1) is 8.79. The fourth-order valence-electron chi connectivity index (χ4n) is 2.81. The molecule has 2 atom stereocenters. The SMILES string of the molecule is CC1CCCC(CN)N1c1nc2ccccn2n1. The van der Waals surface area contributed by atoms with E-state index in [1.165, 1.54) is 12.8 Å². The zero-order valence-electron chi connectivity index (χ0n) is 10.7. The second kappa shape index (κ2) is 4.57. The smallest absolute Gasteiger partial charge is 0.246 e. The maximum atomic E-state index is 5.88. The van der Waals surface area contributed by atoms with Gasteiger partial charge in [-0.3, -0.25) is 0 Å². The van der Waals surface area contributed by atoms with Gasteiger partial charge in [-0.2, -0.15) is 4.98 Å². The summed E-state index contributed by atoms with van der Waals surface area (Å²) < 4.78 is 1.82. The fourth-order valence-corrected chi connectivity index (χ4v) is 2.81. The largest absolute Gasteiger partial charge is 0.333 e. The molecule has 0 amide bonds. The number of piperidine rings is 1. The van der Waals surface area contributed by atoms with Crippen LogP contribution in [0.4, 0.5) is 5.95 Å². The number of rotatable bonds is 2. The molecule has 0 aromatic carbocycles. The summed E-state index contributed by atoms with van der Waals surface area (Å²) in [5.41, 5.74) is 6.77. The zero-order chi connectivity index (χ0) is 12.5. The summed E-state index contributed by atoms with van der Waals surface area (Å²) in [5.74, 6) is 0.809. The van der Waals surface area contributed by atoms with Crippen molar-refractivity contribution in [3.8, 4) is 0 Å². The molecular weight excluding hydrogens is 226 g/mol. The summed E-state index contributed by atoms with van der Waals surface area (Å²) in [7, 11) is 0. The molecule has 2 N–H and O–H groups in total. The third-order valence-corrected chi connectivity index (χ3v) is 3.76. The lowest BCUT2D eigenvalue weighted by molar-refractivity contribution is 0.394. The Morgan fingerprint density at radius 1 is 1.39 bits per heavy atom. The normalized spacial score (nSPS) is 24.7. The van der Waals surface area contributed by atoms with Crippen molar-refractivity contribution in [3.05, 3.63) is 24.4 Å². The number of fused-ring (bicyclic) bond motifs is 1. The Hall–Kier alpha value is -1.62. The van der Waals surface area contributed by atoms with Crippen LogP contribution in [-0.4, -0.2) is 33.2 Å². The van der Waals surface area contributed by atoms with E-state index in [0.29, 0.717) is 18.6 Å². The molecule has 0 aliphatic carbocycles. The number of aromatic nitrogens is 3. The van der Waals surface area contributed by atoms with Crippen LogP contribution in [0.25, 0.3) is 5.65 Å². The van der Waals surface area contributed by atoms with E-state index in [4.69, 9.17) is 5.73 Å². The first-order valence-electron chi connectivity index (χ1n) is 6.59. The van der Waals surface area contributed by atoms with E-state index in [1.807, 2.05) is 28.9 Å². The zero-order valence-corrected chi connectivity index (χ0v) is 10.7. The van der Waals surface area contributed by atoms with E-state index < -0.39 is 0 Å². The molecule has 0 saturated carbocycles. The van der Waals surface area contributed by atoms with Gasteiger partial charge < -0.3 is 10.6 Å². The van der Waals surface area contributed by atoms with Gasteiger partial charge in [-0.05, 0) is 38.3 Å². The van der Waals surface area contributed by atoms with Gasteiger partial charge in [-0.1, -0.05) is 6.07 Å². The first kappa shape index (κ1) is 11.5. The molecule has 18 heavy (non-hydrogen) atoms. The molecule has 0 bridgehead atoms. The Labute approximate surface area is 107 Å². The van der Waals surface area contributed by atoms with Gasteiger partial charge >= 0.3 is 0 Å². The molecule has 0 spiro atoms. The van der Waals surface area contributed by atoms with E-state index >= 15 is 0 Å². The van der Waals surface area contributed by atoms with Gasteiger partial charge in [-0.25, -0.2) is 4.52 Å². The molecule has 2 aromatic rings. The lowest BCUT2D eigenvalue weighted by Gasteiger charge is -2.39. The van der Waals surface area contributed by atoms with Crippen LogP contribution in [-0.2, 0) is 0 Å². The molecule has 2 unspecified atom stereocenters. The topological polar surface area (TPSA) is 59.5 Å². The van der Waals surface area contributed by atoms with Crippen molar-refractivity contribution in [1.29, 1.82) is 0 Å². The Morgan fingerprint density at radius 3 is 3.06 bits per heavy atom.